The van der Waals surface area contributed by atoms with E-state index in [1.165, 1.54) is 6.92 Å². The van der Waals surface area contributed by atoms with Crippen LogP contribution in [0.25, 0.3) is 0 Å². The van der Waals surface area contributed by atoms with Crippen LogP contribution in [-0.4, -0.2) is 156 Å². The molecule has 13 atom stereocenters. The topological polar surface area (TPSA) is 281 Å². The number of likely N-dealkylation sites (N-methyl/N-ethyl adjacent to an activating group) is 1. The second-order valence-electron chi connectivity index (χ2n) is 12.5. The van der Waals surface area contributed by atoms with E-state index in [0.717, 1.165) is 0 Å². The minimum absolute atomic E-state index is 0.0631. The van der Waals surface area contributed by atoms with Gasteiger partial charge in [0.05, 0.1) is 37.4 Å². The van der Waals surface area contributed by atoms with Gasteiger partial charge in [-0.1, -0.05) is 0 Å². The van der Waals surface area contributed by atoms with Gasteiger partial charge in [0, 0.05) is 25.7 Å². The molecule has 15 N–H and O–H groups in total. The molecule has 0 aromatic carbocycles. The van der Waals surface area contributed by atoms with Gasteiger partial charge in [-0.25, -0.2) is 0 Å². The molecule has 254 valence electrons. The zero-order valence-electron chi connectivity index (χ0n) is 25.3. The molecule has 0 spiro atoms. The summed E-state index contributed by atoms with van der Waals surface area (Å²) in [5.74, 6) is -0.124. The van der Waals surface area contributed by atoms with Crippen molar-refractivity contribution in [3.05, 3.63) is 11.8 Å². The van der Waals surface area contributed by atoms with Gasteiger partial charge in [-0.05, 0) is 45.9 Å². The first-order valence-electron chi connectivity index (χ1n) is 15.2. The van der Waals surface area contributed by atoms with Gasteiger partial charge in [0.25, 0.3) is 5.91 Å². The van der Waals surface area contributed by atoms with Gasteiger partial charge in [0.2, 0.25) is 6.29 Å². The number of rotatable bonds is 12. The number of nitrogens with one attached hydrogen (secondary N) is 4. The SMILES string of the molecule is CN[C@@H]1[C@@H](O)[C@@H](O[C@@H]2[C@@H](O)[C@H](O[C@H]3OC(CNCC(O)CN)=CC[C@H]3N)[C@@H](N)C[C@H]2NC(=O)C2(O)CCNC2)OC[C@]1(C)O. The minimum atomic E-state index is -1.65. The molecule has 0 bridgehead atoms. The second-order valence-corrected chi connectivity index (χ2v) is 12.5. The van der Waals surface area contributed by atoms with Crippen molar-refractivity contribution in [1.29, 1.82) is 0 Å². The van der Waals surface area contributed by atoms with E-state index in [1.54, 1.807) is 13.1 Å². The Balaban J connectivity index is 1.49. The molecule has 44 heavy (non-hydrogen) atoms. The van der Waals surface area contributed by atoms with Crippen molar-refractivity contribution in [2.24, 2.45) is 17.2 Å². The van der Waals surface area contributed by atoms with Crippen LogP contribution in [0.1, 0.15) is 26.2 Å². The largest absolute Gasteiger partial charge is 0.467 e. The smallest absolute Gasteiger partial charge is 0.253 e. The van der Waals surface area contributed by atoms with Crippen LogP contribution in [0.4, 0.5) is 0 Å². The zero-order chi connectivity index (χ0) is 32.2. The van der Waals surface area contributed by atoms with Crippen molar-refractivity contribution < 1.29 is 49.3 Å². The highest BCUT2D eigenvalue weighted by atomic mass is 16.7. The number of carbonyl (C=O) groups is 1. The van der Waals surface area contributed by atoms with Crippen LogP contribution in [0.2, 0.25) is 0 Å². The molecular formula is C27H51N7O10. The fourth-order valence-corrected chi connectivity index (χ4v) is 6.14. The molecule has 3 aliphatic heterocycles. The maximum atomic E-state index is 13.2. The summed E-state index contributed by atoms with van der Waals surface area (Å²) in [6.45, 7) is 2.51. The normalized spacial score (nSPS) is 43.6. The first kappa shape index (κ1) is 35.3. The molecule has 0 aromatic rings. The maximum Gasteiger partial charge on any atom is 0.253 e. The number of amides is 1. The number of nitrogens with two attached hydrogens (primary N) is 3. The van der Waals surface area contributed by atoms with Crippen LogP contribution in [-0.2, 0) is 23.7 Å². The lowest BCUT2D eigenvalue weighted by Gasteiger charge is -2.49. The summed E-state index contributed by atoms with van der Waals surface area (Å²) in [7, 11) is 1.58. The Labute approximate surface area is 256 Å². The molecule has 1 saturated carbocycles. The molecule has 2 saturated heterocycles. The minimum Gasteiger partial charge on any atom is -0.467 e. The summed E-state index contributed by atoms with van der Waals surface area (Å²) in [4.78, 5) is 13.2. The Morgan fingerprint density at radius 2 is 1.91 bits per heavy atom. The van der Waals surface area contributed by atoms with E-state index >= 15 is 0 Å². The lowest BCUT2D eigenvalue weighted by Crippen LogP contribution is -2.70. The highest BCUT2D eigenvalue weighted by Gasteiger charge is 2.52. The Morgan fingerprint density at radius 1 is 1.18 bits per heavy atom. The zero-order valence-corrected chi connectivity index (χ0v) is 25.3. The van der Waals surface area contributed by atoms with Crippen LogP contribution in [0.3, 0.4) is 0 Å². The maximum absolute atomic E-state index is 13.2. The lowest BCUT2D eigenvalue weighted by atomic mass is 9.83. The molecule has 4 aliphatic rings. The molecule has 0 radical (unpaired) electrons. The van der Waals surface area contributed by atoms with E-state index in [1.807, 2.05) is 0 Å². The molecule has 2 unspecified atom stereocenters. The van der Waals surface area contributed by atoms with E-state index < -0.39 is 84.4 Å². The van der Waals surface area contributed by atoms with E-state index in [0.29, 0.717) is 18.7 Å². The number of hydrogen-bond acceptors (Lipinski definition) is 16. The first-order valence-corrected chi connectivity index (χ1v) is 15.2. The fraction of sp³-hybridized carbons (Fsp3) is 0.889. The van der Waals surface area contributed by atoms with Gasteiger partial charge in [-0.2, -0.15) is 0 Å². The summed E-state index contributed by atoms with van der Waals surface area (Å²) in [6, 6.07) is -3.14. The molecule has 0 aromatic heterocycles. The summed E-state index contributed by atoms with van der Waals surface area (Å²) >= 11 is 0. The highest BCUT2D eigenvalue weighted by Crippen LogP contribution is 2.32. The Kier molecular flexibility index (Phi) is 12.0. The van der Waals surface area contributed by atoms with Crippen LogP contribution in [0.5, 0.6) is 0 Å². The average molecular weight is 634 g/mol. The summed E-state index contributed by atoms with van der Waals surface area (Å²) < 4.78 is 23.9. The summed E-state index contributed by atoms with van der Waals surface area (Å²) in [5.41, 5.74) is 15.2. The van der Waals surface area contributed by atoms with E-state index in [2.05, 4.69) is 21.3 Å². The van der Waals surface area contributed by atoms with Gasteiger partial charge in [-0.3, -0.25) is 4.79 Å². The molecule has 3 heterocycles. The lowest BCUT2D eigenvalue weighted by molar-refractivity contribution is -0.304. The third-order valence-corrected chi connectivity index (χ3v) is 8.80. The van der Waals surface area contributed by atoms with Crippen LogP contribution < -0.4 is 38.5 Å². The van der Waals surface area contributed by atoms with Crippen molar-refractivity contribution >= 4 is 5.91 Å². The predicted octanol–water partition coefficient (Wildman–Crippen LogP) is -6.02. The number of hydrogen-bond donors (Lipinski definition) is 12. The van der Waals surface area contributed by atoms with Gasteiger partial charge in [0.15, 0.2) is 11.9 Å². The molecule has 3 fully saturated rings. The number of β-amino-alcohol motifs (C(OH)–C–C–N with tert-alkyl or cyclic N) is 1. The molecular weight excluding hydrogens is 582 g/mol. The molecule has 1 aliphatic carbocycles. The van der Waals surface area contributed by atoms with Crippen molar-refractivity contribution in [1.82, 2.24) is 21.3 Å². The number of ether oxygens (including phenoxy) is 4. The molecule has 17 nitrogen and oxygen atoms in total. The van der Waals surface area contributed by atoms with Gasteiger partial charge < -0.3 is 82.9 Å². The Hall–Kier alpha value is -1.55. The number of aliphatic hydroxyl groups is 5. The Bertz CT molecular complexity index is 987. The van der Waals surface area contributed by atoms with Crippen molar-refractivity contribution in [3.8, 4) is 0 Å². The first-order chi connectivity index (χ1) is 20.8. The van der Waals surface area contributed by atoms with Crippen LogP contribution in [0.15, 0.2) is 11.8 Å². The monoisotopic (exact) mass is 633 g/mol. The van der Waals surface area contributed by atoms with E-state index in [9.17, 15) is 30.3 Å². The molecule has 17 heteroatoms. The third kappa shape index (κ3) is 8.05. The summed E-state index contributed by atoms with van der Waals surface area (Å²) in [6.07, 6.45) is -5.60. The Morgan fingerprint density at radius 3 is 2.57 bits per heavy atom. The van der Waals surface area contributed by atoms with Gasteiger partial charge in [0.1, 0.15) is 35.8 Å². The van der Waals surface area contributed by atoms with E-state index in [-0.39, 0.29) is 45.6 Å². The second kappa shape index (κ2) is 14.9. The standard InChI is InChI=1S/C27H51N7O10/c1-26(39)12-41-24(19(37)22(26)31-2)44-21-17(34-25(38)27(40)5-6-32-11-27)7-16(30)20(18(21)36)43-23-15(29)4-3-14(42-23)10-33-9-13(35)8-28/h3,13,15-24,31-33,35-37,39-40H,4-12,28-30H2,1-2H3,(H,34,38)/t13?,15-,16+,17-,18+,19-,20-,21+,22-,23-,24-,26+,27?/m1/s1. The number of aliphatic hydroxyl groups excluding tert-OH is 3. The molecule has 1 amide bonds. The fourth-order valence-electron chi connectivity index (χ4n) is 6.14. The van der Waals surface area contributed by atoms with Crippen molar-refractivity contribution in [3.63, 3.8) is 0 Å². The summed E-state index contributed by atoms with van der Waals surface area (Å²) in [5, 5.41) is 65.5. The highest BCUT2D eigenvalue weighted by molar-refractivity contribution is 5.86. The molecule has 4 rings (SSSR count). The average Bonchev–Trinajstić information content (AvgIpc) is 3.43. The quantitative estimate of drug-likeness (QED) is 0.0952. The van der Waals surface area contributed by atoms with Gasteiger partial charge >= 0.3 is 0 Å². The van der Waals surface area contributed by atoms with Crippen LogP contribution in [0, 0.1) is 0 Å². The van der Waals surface area contributed by atoms with E-state index in [4.69, 9.17) is 36.1 Å². The van der Waals surface area contributed by atoms with Crippen molar-refractivity contribution in [2.75, 3.05) is 46.4 Å². The van der Waals surface area contributed by atoms with Gasteiger partial charge in [-0.15, -0.1) is 0 Å². The van der Waals surface area contributed by atoms with Crippen molar-refractivity contribution in [2.45, 2.75) is 105 Å². The third-order valence-electron chi connectivity index (χ3n) is 8.80. The number of carbonyl (C=O) groups excluding carboxylic acids is 1. The van der Waals surface area contributed by atoms with Crippen LogP contribution >= 0.6 is 0 Å². The predicted molar refractivity (Wildman–Crippen MR) is 155 cm³/mol.